The number of carbonyl (C=O) groups excluding carboxylic acids is 1. The lowest BCUT2D eigenvalue weighted by Crippen LogP contribution is -2.26. The summed E-state index contributed by atoms with van der Waals surface area (Å²) in [6, 6.07) is 7.39. The number of benzene rings is 1. The van der Waals surface area contributed by atoms with Crippen LogP contribution in [0.4, 0.5) is 11.5 Å². The van der Waals surface area contributed by atoms with Crippen molar-refractivity contribution in [3.63, 3.8) is 0 Å². The van der Waals surface area contributed by atoms with Gasteiger partial charge in [-0.05, 0) is 31.0 Å². The van der Waals surface area contributed by atoms with Crippen LogP contribution < -0.4 is 15.4 Å². The molecule has 0 fully saturated rings. The Morgan fingerprint density at radius 3 is 2.79 bits per heavy atom. The first-order valence-corrected chi connectivity index (χ1v) is 7.65. The number of amides is 1. The van der Waals surface area contributed by atoms with Crippen molar-refractivity contribution in [2.75, 3.05) is 32.7 Å². The summed E-state index contributed by atoms with van der Waals surface area (Å²) in [6.07, 6.45) is 2.10. The van der Waals surface area contributed by atoms with Gasteiger partial charge in [-0.1, -0.05) is 6.07 Å². The van der Waals surface area contributed by atoms with Crippen LogP contribution in [0.15, 0.2) is 30.6 Å². The number of ether oxygens (including phenoxy) is 2. The Bertz CT molecular complexity index is 691. The highest BCUT2D eigenvalue weighted by molar-refractivity contribution is 5.93. The van der Waals surface area contributed by atoms with Crippen LogP contribution in [0, 0.1) is 6.92 Å². The second kappa shape index (κ2) is 8.83. The van der Waals surface area contributed by atoms with Crippen molar-refractivity contribution < 1.29 is 14.3 Å². The van der Waals surface area contributed by atoms with Gasteiger partial charge < -0.3 is 20.1 Å². The predicted octanol–water partition coefficient (Wildman–Crippen LogP) is 2.30. The van der Waals surface area contributed by atoms with E-state index in [2.05, 4.69) is 20.6 Å². The topological polar surface area (TPSA) is 85.4 Å². The zero-order chi connectivity index (χ0) is 17.4. The van der Waals surface area contributed by atoms with E-state index < -0.39 is 0 Å². The number of methoxy groups -OCH3 is 2. The lowest BCUT2D eigenvalue weighted by molar-refractivity contribution is 0.0943. The molecule has 2 rings (SSSR count). The van der Waals surface area contributed by atoms with E-state index in [1.807, 2.05) is 25.1 Å². The summed E-state index contributed by atoms with van der Waals surface area (Å²) < 4.78 is 10.3. The molecule has 0 unspecified atom stereocenters. The number of aryl methyl sites for hydroxylation is 1. The highest BCUT2D eigenvalue weighted by Gasteiger charge is 2.10. The van der Waals surface area contributed by atoms with E-state index >= 15 is 0 Å². The molecule has 0 aliphatic carbocycles. The van der Waals surface area contributed by atoms with Gasteiger partial charge in [-0.3, -0.25) is 4.79 Å². The minimum atomic E-state index is -0.243. The average Bonchev–Trinajstić information content (AvgIpc) is 2.59. The molecule has 1 amide bonds. The SMILES string of the molecule is COCCCNC(=O)c1cc(Nc2cc(C)ccc2OC)ncn1. The van der Waals surface area contributed by atoms with Crippen molar-refractivity contribution >= 4 is 17.4 Å². The number of rotatable bonds is 8. The summed E-state index contributed by atoms with van der Waals surface area (Å²) >= 11 is 0. The van der Waals surface area contributed by atoms with Gasteiger partial charge in [-0.25, -0.2) is 9.97 Å². The summed E-state index contributed by atoms with van der Waals surface area (Å²) in [5, 5.41) is 5.95. The lowest BCUT2D eigenvalue weighted by Gasteiger charge is -2.12. The molecule has 0 aliphatic rings. The molecule has 0 saturated carbocycles. The molecule has 0 radical (unpaired) electrons. The number of anilines is 2. The van der Waals surface area contributed by atoms with Crippen LogP contribution in [0.1, 0.15) is 22.5 Å². The Hall–Kier alpha value is -2.67. The van der Waals surface area contributed by atoms with E-state index in [0.29, 0.717) is 30.4 Å². The van der Waals surface area contributed by atoms with Crippen molar-refractivity contribution in [2.45, 2.75) is 13.3 Å². The van der Waals surface area contributed by atoms with Crippen molar-refractivity contribution in [2.24, 2.45) is 0 Å². The molecule has 0 saturated heterocycles. The number of nitrogens with zero attached hydrogens (tertiary/aromatic N) is 2. The Balaban J connectivity index is 2.07. The van der Waals surface area contributed by atoms with E-state index in [1.165, 1.54) is 6.33 Å². The van der Waals surface area contributed by atoms with Crippen LogP contribution in [0.3, 0.4) is 0 Å². The Morgan fingerprint density at radius 1 is 1.21 bits per heavy atom. The lowest BCUT2D eigenvalue weighted by atomic mass is 10.2. The van der Waals surface area contributed by atoms with Gasteiger partial charge in [0, 0.05) is 26.3 Å². The highest BCUT2D eigenvalue weighted by Crippen LogP contribution is 2.27. The van der Waals surface area contributed by atoms with Gasteiger partial charge in [0.05, 0.1) is 12.8 Å². The molecule has 1 aromatic carbocycles. The van der Waals surface area contributed by atoms with Gasteiger partial charge in [0.15, 0.2) is 0 Å². The fraction of sp³-hybridized carbons (Fsp3) is 0.353. The van der Waals surface area contributed by atoms with E-state index in [4.69, 9.17) is 9.47 Å². The Morgan fingerprint density at radius 2 is 2.04 bits per heavy atom. The third-order valence-corrected chi connectivity index (χ3v) is 3.33. The fourth-order valence-electron chi connectivity index (χ4n) is 2.12. The summed E-state index contributed by atoms with van der Waals surface area (Å²) in [5.41, 5.74) is 2.17. The molecular weight excluding hydrogens is 308 g/mol. The highest BCUT2D eigenvalue weighted by atomic mass is 16.5. The maximum Gasteiger partial charge on any atom is 0.270 e. The molecule has 128 valence electrons. The molecule has 1 aromatic heterocycles. The maximum absolute atomic E-state index is 12.1. The van der Waals surface area contributed by atoms with Gasteiger partial charge in [0.2, 0.25) is 0 Å². The smallest absolute Gasteiger partial charge is 0.270 e. The van der Waals surface area contributed by atoms with Crippen LogP contribution in [0.2, 0.25) is 0 Å². The van der Waals surface area contributed by atoms with E-state index in [1.54, 1.807) is 20.3 Å². The number of carbonyl (C=O) groups is 1. The molecule has 1 heterocycles. The van der Waals surface area contributed by atoms with Crippen LogP contribution in [-0.2, 0) is 4.74 Å². The first-order valence-electron chi connectivity index (χ1n) is 7.65. The summed E-state index contributed by atoms with van der Waals surface area (Å²) in [4.78, 5) is 20.3. The number of nitrogens with one attached hydrogen (secondary N) is 2. The zero-order valence-corrected chi connectivity index (χ0v) is 14.1. The minimum Gasteiger partial charge on any atom is -0.495 e. The number of hydrogen-bond acceptors (Lipinski definition) is 6. The summed E-state index contributed by atoms with van der Waals surface area (Å²) in [7, 11) is 3.23. The van der Waals surface area contributed by atoms with Crippen LogP contribution in [0.5, 0.6) is 5.75 Å². The predicted molar refractivity (Wildman–Crippen MR) is 91.9 cm³/mol. The molecule has 2 aromatic rings. The van der Waals surface area contributed by atoms with Gasteiger partial charge in [-0.2, -0.15) is 0 Å². The first kappa shape index (κ1) is 17.7. The largest absolute Gasteiger partial charge is 0.495 e. The third kappa shape index (κ3) is 4.92. The summed E-state index contributed by atoms with van der Waals surface area (Å²) in [6.45, 7) is 3.12. The average molecular weight is 330 g/mol. The molecule has 7 heteroatoms. The molecule has 2 N–H and O–H groups in total. The van der Waals surface area contributed by atoms with E-state index in [9.17, 15) is 4.79 Å². The molecule has 24 heavy (non-hydrogen) atoms. The monoisotopic (exact) mass is 330 g/mol. The fourth-order valence-corrected chi connectivity index (χ4v) is 2.12. The van der Waals surface area contributed by atoms with E-state index in [-0.39, 0.29) is 5.91 Å². The number of hydrogen-bond donors (Lipinski definition) is 2. The molecule has 0 aliphatic heterocycles. The van der Waals surface area contributed by atoms with Crippen LogP contribution >= 0.6 is 0 Å². The normalized spacial score (nSPS) is 10.3. The Kier molecular flexibility index (Phi) is 6.51. The molecular formula is C17H22N4O3. The molecule has 0 atom stereocenters. The summed E-state index contributed by atoms with van der Waals surface area (Å²) in [5.74, 6) is 0.980. The van der Waals surface area contributed by atoms with Crippen molar-refractivity contribution in [1.82, 2.24) is 15.3 Å². The van der Waals surface area contributed by atoms with Gasteiger partial charge in [0.1, 0.15) is 23.6 Å². The molecule has 7 nitrogen and oxygen atoms in total. The van der Waals surface area contributed by atoms with Gasteiger partial charge >= 0.3 is 0 Å². The number of aromatic nitrogens is 2. The zero-order valence-electron chi connectivity index (χ0n) is 14.1. The van der Waals surface area contributed by atoms with Gasteiger partial charge in [-0.15, -0.1) is 0 Å². The molecule has 0 spiro atoms. The van der Waals surface area contributed by atoms with Crippen LogP contribution in [-0.4, -0.2) is 43.2 Å². The second-order valence-corrected chi connectivity index (χ2v) is 5.22. The standard InChI is InChI=1S/C17H22N4O3/c1-12-5-6-15(24-3)13(9-12)21-16-10-14(19-11-20-16)17(22)18-7-4-8-23-2/h5-6,9-11H,4,7-8H2,1-3H3,(H,18,22)(H,19,20,21). The second-order valence-electron chi connectivity index (χ2n) is 5.22. The first-order chi connectivity index (χ1) is 11.6. The van der Waals surface area contributed by atoms with E-state index in [0.717, 1.165) is 17.7 Å². The van der Waals surface area contributed by atoms with Gasteiger partial charge in [0.25, 0.3) is 5.91 Å². The minimum absolute atomic E-state index is 0.243. The van der Waals surface area contributed by atoms with Crippen LogP contribution in [0.25, 0.3) is 0 Å². The molecule has 0 bridgehead atoms. The maximum atomic E-state index is 12.1. The Labute approximate surface area is 141 Å². The van der Waals surface area contributed by atoms with Crippen molar-refractivity contribution in [1.29, 1.82) is 0 Å². The van der Waals surface area contributed by atoms with Crippen molar-refractivity contribution in [3.05, 3.63) is 41.9 Å². The van der Waals surface area contributed by atoms with Crippen molar-refractivity contribution in [3.8, 4) is 5.75 Å². The quantitative estimate of drug-likeness (QED) is 0.723. The third-order valence-electron chi connectivity index (χ3n) is 3.33.